The molecule has 0 saturated carbocycles. The summed E-state index contributed by atoms with van der Waals surface area (Å²) < 4.78 is 5.15. The van der Waals surface area contributed by atoms with E-state index < -0.39 is 0 Å². The Morgan fingerprint density at radius 3 is 2.58 bits per heavy atom. The number of rotatable bonds is 5. The molecule has 0 atom stereocenters. The molecule has 3 aromatic rings. The lowest BCUT2D eigenvalue weighted by Gasteiger charge is -2.09. The van der Waals surface area contributed by atoms with Gasteiger partial charge in [-0.2, -0.15) is 0 Å². The third-order valence-electron chi connectivity index (χ3n) is 3.98. The van der Waals surface area contributed by atoms with Gasteiger partial charge in [-0.1, -0.05) is 29.3 Å². The number of carbonyl (C=O) groups is 1. The number of halogens is 2. The van der Waals surface area contributed by atoms with Crippen molar-refractivity contribution in [2.75, 3.05) is 12.4 Å². The van der Waals surface area contributed by atoms with Gasteiger partial charge in [-0.05, 0) is 42.1 Å². The third-order valence-corrected chi connectivity index (χ3v) is 4.61. The summed E-state index contributed by atoms with van der Waals surface area (Å²) in [4.78, 5) is 27.2. The Hall–Kier alpha value is -2.50. The van der Waals surface area contributed by atoms with E-state index in [1.54, 1.807) is 37.4 Å². The zero-order valence-electron chi connectivity index (χ0n) is 13.9. The minimum atomic E-state index is -0.269. The van der Waals surface area contributed by atoms with Crippen molar-refractivity contribution in [3.8, 4) is 5.75 Å². The lowest BCUT2D eigenvalue weighted by atomic mass is 10.1. The Bertz CT molecular complexity index is 1010. The van der Waals surface area contributed by atoms with Gasteiger partial charge in [0.15, 0.2) is 0 Å². The van der Waals surface area contributed by atoms with Gasteiger partial charge in [-0.25, -0.2) is 0 Å². The summed E-state index contributed by atoms with van der Waals surface area (Å²) in [5, 5.41) is 4.29. The molecule has 0 aliphatic heterocycles. The van der Waals surface area contributed by atoms with Gasteiger partial charge in [0.05, 0.1) is 28.4 Å². The van der Waals surface area contributed by atoms with Gasteiger partial charge in [0.1, 0.15) is 5.75 Å². The standard InChI is InChI=1S/C19H16Cl2N2O3/c1-26-13-7-5-11-9-12(19(25)22-16(11)10-13)6-8-17(24)23-18-14(20)3-2-4-15(18)21/h2-5,7,9-10H,6,8H2,1H3,(H,22,25)(H,23,24). The van der Waals surface area contributed by atoms with Crippen molar-refractivity contribution in [1.29, 1.82) is 0 Å². The van der Waals surface area contributed by atoms with Gasteiger partial charge in [-0.15, -0.1) is 0 Å². The normalized spacial score (nSPS) is 10.7. The first-order chi connectivity index (χ1) is 12.5. The maximum atomic E-state index is 12.2. The minimum Gasteiger partial charge on any atom is -0.497 e. The molecule has 1 heterocycles. The van der Waals surface area contributed by atoms with Gasteiger partial charge >= 0.3 is 0 Å². The lowest BCUT2D eigenvalue weighted by molar-refractivity contribution is -0.116. The van der Waals surface area contributed by atoms with Crippen LogP contribution in [-0.2, 0) is 11.2 Å². The fraction of sp³-hybridized carbons (Fsp3) is 0.158. The SMILES string of the molecule is COc1ccc2cc(CCC(=O)Nc3c(Cl)cccc3Cl)c(=O)[nH]c2c1. The maximum absolute atomic E-state index is 12.2. The van der Waals surface area contributed by atoms with E-state index in [1.165, 1.54) is 0 Å². The highest BCUT2D eigenvalue weighted by atomic mass is 35.5. The van der Waals surface area contributed by atoms with Crippen molar-refractivity contribution in [2.24, 2.45) is 0 Å². The first-order valence-electron chi connectivity index (χ1n) is 7.92. The molecule has 2 aromatic carbocycles. The number of methoxy groups -OCH3 is 1. The summed E-state index contributed by atoms with van der Waals surface area (Å²) in [7, 11) is 1.57. The molecule has 0 aliphatic carbocycles. The third kappa shape index (κ3) is 4.00. The molecule has 0 radical (unpaired) electrons. The Morgan fingerprint density at radius 1 is 1.15 bits per heavy atom. The number of hydrogen-bond donors (Lipinski definition) is 2. The number of ether oxygens (including phenoxy) is 1. The molecule has 1 amide bonds. The lowest BCUT2D eigenvalue weighted by Crippen LogP contribution is -2.17. The highest BCUT2D eigenvalue weighted by molar-refractivity contribution is 6.39. The summed E-state index contributed by atoms with van der Waals surface area (Å²) >= 11 is 12.1. The molecule has 7 heteroatoms. The van der Waals surface area contributed by atoms with Crippen LogP contribution in [0, 0.1) is 0 Å². The van der Waals surface area contributed by atoms with Gasteiger partial charge in [-0.3, -0.25) is 9.59 Å². The van der Waals surface area contributed by atoms with Crippen molar-refractivity contribution in [3.63, 3.8) is 0 Å². The largest absolute Gasteiger partial charge is 0.497 e. The Balaban J connectivity index is 1.74. The molecule has 0 unspecified atom stereocenters. The summed E-state index contributed by atoms with van der Waals surface area (Å²) in [6, 6.07) is 12.2. The van der Waals surface area contributed by atoms with Crippen LogP contribution in [0.3, 0.4) is 0 Å². The molecular formula is C19H16Cl2N2O3. The Labute approximate surface area is 159 Å². The number of H-pyrrole nitrogens is 1. The van der Waals surface area contributed by atoms with Gasteiger partial charge in [0.2, 0.25) is 5.91 Å². The van der Waals surface area contributed by atoms with E-state index in [-0.39, 0.29) is 17.9 Å². The first kappa shape index (κ1) is 18.3. The van der Waals surface area contributed by atoms with E-state index in [9.17, 15) is 9.59 Å². The van der Waals surface area contributed by atoms with E-state index in [4.69, 9.17) is 27.9 Å². The second kappa shape index (κ2) is 7.81. The van der Waals surface area contributed by atoms with Crippen LogP contribution in [-0.4, -0.2) is 18.0 Å². The molecule has 2 N–H and O–H groups in total. The number of pyridine rings is 1. The molecule has 0 spiro atoms. The smallest absolute Gasteiger partial charge is 0.251 e. The number of amides is 1. The topological polar surface area (TPSA) is 71.2 Å². The molecule has 3 rings (SSSR count). The van der Waals surface area contributed by atoms with Crippen LogP contribution in [0.4, 0.5) is 5.69 Å². The number of anilines is 1. The molecule has 1 aromatic heterocycles. The predicted molar refractivity (Wildman–Crippen MR) is 105 cm³/mol. The molecule has 0 fully saturated rings. The zero-order chi connectivity index (χ0) is 18.7. The quantitative estimate of drug-likeness (QED) is 0.677. The first-order valence-corrected chi connectivity index (χ1v) is 8.67. The molecule has 0 bridgehead atoms. The number of hydrogen-bond acceptors (Lipinski definition) is 3. The van der Waals surface area contributed by atoms with Crippen molar-refractivity contribution < 1.29 is 9.53 Å². The Kier molecular flexibility index (Phi) is 5.49. The number of benzene rings is 2. The number of aromatic amines is 1. The average Bonchev–Trinajstić information content (AvgIpc) is 2.62. The molecule has 0 saturated heterocycles. The second-order valence-corrected chi connectivity index (χ2v) is 6.54. The maximum Gasteiger partial charge on any atom is 0.251 e. The molecule has 5 nitrogen and oxygen atoms in total. The predicted octanol–water partition coefficient (Wildman–Crippen LogP) is 4.41. The second-order valence-electron chi connectivity index (χ2n) is 5.72. The molecule has 0 aliphatic rings. The van der Waals surface area contributed by atoms with Gasteiger partial charge in [0, 0.05) is 18.1 Å². The average molecular weight is 391 g/mol. The van der Waals surface area contributed by atoms with E-state index in [0.29, 0.717) is 39.0 Å². The fourth-order valence-corrected chi connectivity index (χ4v) is 3.10. The number of para-hydroxylation sites is 1. The highest BCUT2D eigenvalue weighted by Crippen LogP contribution is 2.29. The van der Waals surface area contributed by atoms with Gasteiger partial charge in [0.25, 0.3) is 5.56 Å². The fourth-order valence-electron chi connectivity index (χ4n) is 2.61. The number of aromatic nitrogens is 1. The summed E-state index contributed by atoms with van der Waals surface area (Å²) in [6.07, 6.45) is 0.428. The van der Waals surface area contributed by atoms with E-state index in [0.717, 1.165) is 5.39 Å². The van der Waals surface area contributed by atoms with Crippen LogP contribution in [0.25, 0.3) is 10.9 Å². The van der Waals surface area contributed by atoms with Crippen molar-refractivity contribution in [1.82, 2.24) is 4.98 Å². The zero-order valence-corrected chi connectivity index (χ0v) is 15.4. The van der Waals surface area contributed by atoms with Crippen molar-refractivity contribution in [2.45, 2.75) is 12.8 Å². The number of nitrogens with one attached hydrogen (secondary N) is 2. The van der Waals surface area contributed by atoms with Crippen molar-refractivity contribution in [3.05, 3.63) is 68.4 Å². The Morgan fingerprint density at radius 2 is 1.88 bits per heavy atom. The summed E-state index contributed by atoms with van der Waals surface area (Å²) in [5.74, 6) is 0.395. The van der Waals surface area contributed by atoms with Crippen LogP contribution in [0.1, 0.15) is 12.0 Å². The van der Waals surface area contributed by atoms with E-state index in [1.807, 2.05) is 12.1 Å². The minimum absolute atomic E-state index is 0.131. The van der Waals surface area contributed by atoms with Crippen LogP contribution < -0.4 is 15.6 Å². The van der Waals surface area contributed by atoms with Crippen LogP contribution in [0.5, 0.6) is 5.75 Å². The number of fused-ring (bicyclic) bond motifs is 1. The van der Waals surface area contributed by atoms with Gasteiger partial charge < -0.3 is 15.0 Å². The highest BCUT2D eigenvalue weighted by Gasteiger charge is 2.11. The number of carbonyl (C=O) groups excluding carboxylic acids is 1. The molecule has 26 heavy (non-hydrogen) atoms. The number of aryl methyl sites for hydroxylation is 1. The van der Waals surface area contributed by atoms with Crippen LogP contribution >= 0.6 is 23.2 Å². The van der Waals surface area contributed by atoms with Crippen molar-refractivity contribution >= 4 is 45.7 Å². The van der Waals surface area contributed by atoms with Crippen LogP contribution in [0.15, 0.2) is 47.3 Å². The molecular weight excluding hydrogens is 375 g/mol. The van der Waals surface area contributed by atoms with Crippen LogP contribution in [0.2, 0.25) is 10.0 Å². The summed E-state index contributed by atoms with van der Waals surface area (Å²) in [5.41, 5.74) is 1.36. The van der Waals surface area contributed by atoms with E-state index >= 15 is 0 Å². The molecule has 134 valence electrons. The monoisotopic (exact) mass is 390 g/mol. The summed E-state index contributed by atoms with van der Waals surface area (Å²) in [6.45, 7) is 0. The van der Waals surface area contributed by atoms with E-state index in [2.05, 4.69) is 10.3 Å².